The van der Waals surface area contributed by atoms with Crippen LogP contribution in [0.25, 0.3) is 22.1 Å². The fourth-order valence-electron chi connectivity index (χ4n) is 5.98. The van der Waals surface area contributed by atoms with E-state index < -0.39 is 0 Å². The number of piperazine rings is 1. The average Bonchev–Trinajstić information content (AvgIpc) is 3.59. The molecule has 0 bridgehead atoms. The van der Waals surface area contributed by atoms with Crippen molar-refractivity contribution in [2.75, 3.05) is 25.4 Å². The number of thioether (sulfide) groups is 1. The lowest BCUT2D eigenvalue weighted by atomic mass is 10.0. The van der Waals surface area contributed by atoms with Crippen LogP contribution in [0.5, 0.6) is 0 Å². The molecule has 2 fully saturated rings. The molecule has 1 atom stereocenters. The molecule has 8 nitrogen and oxygen atoms in total. The fourth-order valence-corrected chi connectivity index (χ4v) is 6.66. The number of hydrogen-bond donors (Lipinski definition) is 0. The summed E-state index contributed by atoms with van der Waals surface area (Å²) in [4.78, 5) is 34.8. The molecule has 1 aliphatic carbocycles. The first kappa shape index (κ1) is 25.8. The summed E-state index contributed by atoms with van der Waals surface area (Å²) < 4.78 is 2.18. The van der Waals surface area contributed by atoms with Gasteiger partial charge in [-0.1, -0.05) is 66.6 Å². The SMILES string of the molecule is Cc1ccc2c(c1)c1nnc(SCC(=O)N3CCN(C(=O)C4CCCC4)C(C)C3)nc1n2Cc1ccccc1. The monoisotopic (exact) mass is 542 g/mol. The van der Waals surface area contributed by atoms with E-state index in [-0.39, 0.29) is 29.5 Å². The van der Waals surface area contributed by atoms with Gasteiger partial charge in [-0.05, 0) is 44.4 Å². The summed E-state index contributed by atoms with van der Waals surface area (Å²) in [5.74, 6) is 0.736. The Bertz CT molecular complexity index is 1510. The Morgan fingerprint density at radius 3 is 2.59 bits per heavy atom. The summed E-state index contributed by atoms with van der Waals surface area (Å²) in [5.41, 5.74) is 4.96. The Morgan fingerprint density at radius 1 is 1.03 bits per heavy atom. The van der Waals surface area contributed by atoms with Gasteiger partial charge in [0, 0.05) is 43.5 Å². The molecule has 4 aromatic rings. The molecule has 0 spiro atoms. The largest absolute Gasteiger partial charge is 0.338 e. The summed E-state index contributed by atoms with van der Waals surface area (Å²) in [6, 6.07) is 16.7. The summed E-state index contributed by atoms with van der Waals surface area (Å²) in [6.45, 7) is 6.55. The van der Waals surface area contributed by atoms with E-state index in [0.717, 1.165) is 53.3 Å². The molecule has 3 heterocycles. The number of benzene rings is 2. The van der Waals surface area contributed by atoms with Crippen molar-refractivity contribution in [1.82, 2.24) is 29.5 Å². The zero-order valence-corrected chi connectivity index (χ0v) is 23.4. The molecule has 2 amide bonds. The number of fused-ring (bicyclic) bond motifs is 3. The van der Waals surface area contributed by atoms with Crippen molar-refractivity contribution in [2.24, 2.45) is 5.92 Å². The van der Waals surface area contributed by atoms with Gasteiger partial charge < -0.3 is 14.4 Å². The molecule has 2 aliphatic rings. The van der Waals surface area contributed by atoms with Gasteiger partial charge in [-0.3, -0.25) is 9.59 Å². The Morgan fingerprint density at radius 2 is 1.82 bits per heavy atom. The van der Waals surface area contributed by atoms with Crippen LogP contribution >= 0.6 is 11.8 Å². The van der Waals surface area contributed by atoms with E-state index in [9.17, 15) is 9.59 Å². The average molecular weight is 543 g/mol. The van der Waals surface area contributed by atoms with Gasteiger partial charge in [0.15, 0.2) is 5.65 Å². The first-order valence-corrected chi connectivity index (χ1v) is 14.8. The molecule has 2 aromatic heterocycles. The molecule has 1 aliphatic heterocycles. The second kappa shape index (κ2) is 11.0. The van der Waals surface area contributed by atoms with Gasteiger partial charge >= 0.3 is 0 Å². The Balaban J connectivity index is 1.17. The van der Waals surface area contributed by atoms with E-state index in [4.69, 9.17) is 4.98 Å². The van der Waals surface area contributed by atoms with Crippen LogP contribution < -0.4 is 0 Å². The highest BCUT2D eigenvalue weighted by molar-refractivity contribution is 7.99. The molecular formula is C30H34N6O2S. The molecule has 2 aromatic carbocycles. The third-order valence-corrected chi connectivity index (χ3v) is 8.90. The van der Waals surface area contributed by atoms with Crippen LogP contribution in [0.3, 0.4) is 0 Å². The smallest absolute Gasteiger partial charge is 0.233 e. The molecule has 202 valence electrons. The standard InChI is InChI=1S/C30H34N6O2S/c1-20-12-13-25-24(16-20)27-28(36(25)18-22-8-4-3-5-9-22)31-30(33-32-27)39-19-26(37)34-14-15-35(21(2)17-34)29(38)23-10-6-7-11-23/h3-5,8-9,12-13,16,21,23H,6-7,10-11,14-15,17-19H2,1-2H3. The lowest BCUT2D eigenvalue weighted by Gasteiger charge is -2.41. The lowest BCUT2D eigenvalue weighted by molar-refractivity contribution is -0.144. The van der Waals surface area contributed by atoms with Crippen LogP contribution in [-0.2, 0) is 16.1 Å². The highest BCUT2D eigenvalue weighted by atomic mass is 32.2. The van der Waals surface area contributed by atoms with Crippen molar-refractivity contribution in [3.8, 4) is 0 Å². The van der Waals surface area contributed by atoms with Crippen LogP contribution in [0.2, 0.25) is 0 Å². The first-order valence-electron chi connectivity index (χ1n) is 13.9. The van der Waals surface area contributed by atoms with Crippen LogP contribution in [0.1, 0.15) is 43.7 Å². The van der Waals surface area contributed by atoms with Gasteiger partial charge in [0.05, 0.1) is 11.3 Å². The molecular weight excluding hydrogens is 508 g/mol. The number of nitrogens with zero attached hydrogens (tertiary/aromatic N) is 6. The minimum atomic E-state index is 0.0345. The highest BCUT2D eigenvalue weighted by Crippen LogP contribution is 2.30. The minimum Gasteiger partial charge on any atom is -0.338 e. The molecule has 1 saturated carbocycles. The molecule has 1 unspecified atom stereocenters. The van der Waals surface area contributed by atoms with Crippen molar-refractivity contribution >= 4 is 45.6 Å². The van der Waals surface area contributed by atoms with Crippen molar-refractivity contribution in [3.05, 3.63) is 59.7 Å². The predicted molar refractivity (Wildman–Crippen MR) is 154 cm³/mol. The normalized spacial score (nSPS) is 18.4. The van der Waals surface area contributed by atoms with Crippen LogP contribution in [0.4, 0.5) is 0 Å². The molecule has 0 N–H and O–H groups in total. The fraction of sp³-hybridized carbons (Fsp3) is 0.433. The Labute approximate surface area is 232 Å². The van der Waals surface area contributed by atoms with E-state index in [0.29, 0.717) is 31.3 Å². The predicted octanol–water partition coefficient (Wildman–Crippen LogP) is 4.68. The summed E-state index contributed by atoms with van der Waals surface area (Å²) in [6.07, 6.45) is 4.30. The number of carbonyl (C=O) groups is 2. The summed E-state index contributed by atoms with van der Waals surface area (Å²) >= 11 is 1.32. The molecule has 0 radical (unpaired) electrons. The minimum absolute atomic E-state index is 0.0345. The lowest BCUT2D eigenvalue weighted by Crippen LogP contribution is -2.56. The quantitative estimate of drug-likeness (QED) is 0.329. The summed E-state index contributed by atoms with van der Waals surface area (Å²) in [7, 11) is 0. The molecule has 6 rings (SSSR count). The molecule has 39 heavy (non-hydrogen) atoms. The van der Waals surface area contributed by atoms with Crippen molar-refractivity contribution in [2.45, 2.75) is 57.3 Å². The maximum atomic E-state index is 13.1. The number of rotatable bonds is 6. The third kappa shape index (κ3) is 5.24. The Hall–Kier alpha value is -3.46. The van der Waals surface area contributed by atoms with E-state index in [2.05, 4.69) is 52.0 Å². The third-order valence-electron chi connectivity index (χ3n) is 8.08. The van der Waals surface area contributed by atoms with Gasteiger partial charge in [0.25, 0.3) is 0 Å². The van der Waals surface area contributed by atoms with Crippen molar-refractivity contribution < 1.29 is 9.59 Å². The highest BCUT2D eigenvalue weighted by Gasteiger charge is 2.34. The molecule has 1 saturated heterocycles. The topological polar surface area (TPSA) is 84.2 Å². The van der Waals surface area contributed by atoms with E-state index in [1.165, 1.54) is 17.3 Å². The first-order chi connectivity index (χ1) is 19.0. The Kier molecular flexibility index (Phi) is 7.25. The van der Waals surface area contributed by atoms with Crippen molar-refractivity contribution in [3.63, 3.8) is 0 Å². The van der Waals surface area contributed by atoms with Crippen molar-refractivity contribution in [1.29, 1.82) is 0 Å². The zero-order valence-electron chi connectivity index (χ0n) is 22.5. The van der Waals surface area contributed by atoms with Gasteiger partial charge in [0.2, 0.25) is 17.0 Å². The van der Waals surface area contributed by atoms with E-state index in [1.807, 2.05) is 34.9 Å². The zero-order chi connectivity index (χ0) is 26.9. The number of hydrogen-bond acceptors (Lipinski definition) is 6. The number of aromatic nitrogens is 4. The van der Waals surface area contributed by atoms with Gasteiger partial charge in [0.1, 0.15) is 5.52 Å². The van der Waals surface area contributed by atoms with Gasteiger partial charge in [-0.2, -0.15) is 0 Å². The number of aryl methyl sites for hydroxylation is 1. The maximum absolute atomic E-state index is 13.1. The number of carbonyl (C=O) groups excluding carboxylic acids is 2. The summed E-state index contributed by atoms with van der Waals surface area (Å²) in [5, 5.41) is 10.5. The molecule has 9 heteroatoms. The van der Waals surface area contributed by atoms with Crippen LogP contribution in [0, 0.1) is 12.8 Å². The second-order valence-electron chi connectivity index (χ2n) is 10.8. The van der Waals surface area contributed by atoms with E-state index >= 15 is 0 Å². The van der Waals surface area contributed by atoms with Gasteiger partial charge in [-0.15, -0.1) is 10.2 Å². The van der Waals surface area contributed by atoms with E-state index in [1.54, 1.807) is 0 Å². The maximum Gasteiger partial charge on any atom is 0.233 e. The van der Waals surface area contributed by atoms with Crippen LogP contribution in [0.15, 0.2) is 53.7 Å². The number of amides is 2. The second-order valence-corrected chi connectivity index (χ2v) is 11.8. The van der Waals surface area contributed by atoms with Crippen LogP contribution in [-0.4, -0.2) is 72.8 Å². The van der Waals surface area contributed by atoms with Gasteiger partial charge in [-0.25, -0.2) is 4.98 Å².